The Morgan fingerprint density at radius 3 is 2.53 bits per heavy atom. The zero-order valence-electron chi connectivity index (χ0n) is 9.37. The fraction of sp³-hybridized carbons (Fsp3) is 0.600. The molecular weight excluding hydrogens is 196 g/mol. The van der Waals surface area contributed by atoms with Crippen molar-refractivity contribution in [1.29, 1.82) is 0 Å². The molecule has 3 N–H and O–H groups in total. The van der Waals surface area contributed by atoms with Gasteiger partial charge in [-0.05, 0) is 17.9 Å². The van der Waals surface area contributed by atoms with Gasteiger partial charge in [-0.1, -0.05) is 13.8 Å². The molecule has 0 bridgehead atoms. The van der Waals surface area contributed by atoms with Gasteiger partial charge in [-0.15, -0.1) is 0 Å². The number of nitrogens with two attached hydrogens (primary N) is 1. The molecule has 5 heteroatoms. The first-order valence-corrected chi connectivity index (χ1v) is 4.83. The first-order chi connectivity index (χ1) is 7.01. The molecular formula is C10H18N2O3. The molecule has 0 aliphatic carbocycles. The lowest BCUT2D eigenvalue weighted by molar-refractivity contribution is -0.134. The molecule has 1 atom stereocenters. The maximum absolute atomic E-state index is 11.0. The summed E-state index contributed by atoms with van der Waals surface area (Å²) in [6.45, 7) is 4.25. The highest BCUT2D eigenvalue weighted by atomic mass is 16.5. The maximum Gasteiger partial charge on any atom is 0.330 e. The lowest BCUT2D eigenvalue weighted by atomic mass is 9.98. The lowest BCUT2D eigenvalue weighted by Gasteiger charge is -2.13. The molecule has 0 aliphatic rings. The van der Waals surface area contributed by atoms with Crippen LogP contribution in [0.1, 0.15) is 20.3 Å². The third-order valence-electron chi connectivity index (χ3n) is 2.22. The molecule has 2 amide bonds. The third-order valence-corrected chi connectivity index (χ3v) is 2.22. The Balaban J connectivity index is 4.50. The average Bonchev–Trinajstić information content (AvgIpc) is 2.22. The number of hydrogen-bond donors (Lipinski definition) is 2. The molecule has 15 heavy (non-hydrogen) atoms. The molecule has 0 aromatic carbocycles. The highest BCUT2D eigenvalue weighted by Gasteiger charge is 2.09. The first-order valence-electron chi connectivity index (χ1n) is 4.83. The van der Waals surface area contributed by atoms with Crippen LogP contribution in [0.15, 0.2) is 11.6 Å². The van der Waals surface area contributed by atoms with Crippen LogP contribution in [0.4, 0.5) is 4.79 Å². The molecule has 0 aliphatic heterocycles. The lowest BCUT2D eigenvalue weighted by Crippen LogP contribution is -2.32. The average molecular weight is 214 g/mol. The predicted molar refractivity (Wildman–Crippen MR) is 57.1 cm³/mol. The quantitative estimate of drug-likeness (QED) is 0.524. The highest BCUT2D eigenvalue weighted by molar-refractivity contribution is 5.83. The normalized spacial score (nSPS) is 13.1. The number of esters is 1. The largest absolute Gasteiger partial charge is 0.466 e. The van der Waals surface area contributed by atoms with Crippen LogP contribution in [-0.4, -0.2) is 25.7 Å². The van der Waals surface area contributed by atoms with E-state index in [0.29, 0.717) is 0 Å². The minimum atomic E-state index is -0.603. The van der Waals surface area contributed by atoms with E-state index >= 15 is 0 Å². The second-order valence-corrected chi connectivity index (χ2v) is 3.27. The maximum atomic E-state index is 11.0. The highest BCUT2D eigenvalue weighted by Crippen LogP contribution is 2.13. The van der Waals surface area contributed by atoms with Crippen LogP contribution in [0.25, 0.3) is 0 Å². The Morgan fingerprint density at radius 2 is 2.13 bits per heavy atom. The Bertz CT molecular complexity index is 261. The number of amides is 2. The number of methoxy groups -OCH3 is 1. The fourth-order valence-corrected chi connectivity index (χ4v) is 1.03. The van der Waals surface area contributed by atoms with Crippen molar-refractivity contribution < 1.29 is 14.3 Å². The number of hydrogen-bond acceptors (Lipinski definition) is 3. The Kier molecular flexibility index (Phi) is 6.17. The number of primary amides is 1. The van der Waals surface area contributed by atoms with Crippen LogP contribution < -0.4 is 11.1 Å². The topological polar surface area (TPSA) is 81.4 Å². The van der Waals surface area contributed by atoms with Crippen molar-refractivity contribution in [3.8, 4) is 0 Å². The second kappa shape index (κ2) is 6.86. The minimum Gasteiger partial charge on any atom is -0.466 e. The number of urea groups is 1. The Labute approximate surface area is 89.7 Å². The van der Waals surface area contributed by atoms with E-state index in [1.54, 1.807) is 0 Å². The van der Waals surface area contributed by atoms with Gasteiger partial charge < -0.3 is 15.8 Å². The monoisotopic (exact) mass is 214 g/mol. The molecule has 0 heterocycles. The van der Waals surface area contributed by atoms with Gasteiger partial charge in [0.15, 0.2) is 0 Å². The summed E-state index contributed by atoms with van der Waals surface area (Å²) < 4.78 is 4.52. The number of ether oxygens (including phenoxy) is 1. The van der Waals surface area contributed by atoms with E-state index in [1.165, 1.54) is 13.2 Å². The zero-order valence-corrected chi connectivity index (χ0v) is 9.37. The van der Waals surface area contributed by atoms with Crippen LogP contribution in [0.3, 0.4) is 0 Å². The van der Waals surface area contributed by atoms with Gasteiger partial charge in [-0.2, -0.15) is 0 Å². The van der Waals surface area contributed by atoms with E-state index in [4.69, 9.17) is 5.73 Å². The van der Waals surface area contributed by atoms with E-state index in [1.807, 2.05) is 13.8 Å². The van der Waals surface area contributed by atoms with Gasteiger partial charge in [0.1, 0.15) is 0 Å². The molecule has 0 spiro atoms. The minimum absolute atomic E-state index is 0.205. The van der Waals surface area contributed by atoms with Crippen molar-refractivity contribution in [3.05, 3.63) is 11.6 Å². The summed E-state index contributed by atoms with van der Waals surface area (Å²) in [6.07, 6.45) is 2.27. The number of rotatable bonds is 5. The molecule has 0 saturated heterocycles. The summed E-state index contributed by atoms with van der Waals surface area (Å²) >= 11 is 0. The molecule has 0 fully saturated rings. The van der Waals surface area contributed by atoms with Crippen molar-refractivity contribution in [1.82, 2.24) is 5.32 Å². The molecule has 0 saturated carbocycles. The summed E-state index contributed by atoms with van der Waals surface area (Å²) in [5, 5.41) is 2.45. The van der Waals surface area contributed by atoms with E-state index in [9.17, 15) is 9.59 Å². The fourth-order valence-electron chi connectivity index (χ4n) is 1.03. The number of carbonyl (C=O) groups is 2. The Hall–Kier alpha value is -1.52. The van der Waals surface area contributed by atoms with Crippen molar-refractivity contribution in [3.63, 3.8) is 0 Å². The summed E-state index contributed by atoms with van der Waals surface area (Å²) in [5.74, 6) is -0.215. The number of nitrogens with one attached hydrogen (secondary N) is 1. The molecule has 5 nitrogen and oxygen atoms in total. The summed E-state index contributed by atoms with van der Waals surface area (Å²) in [4.78, 5) is 21.6. The third kappa shape index (κ3) is 5.72. The number of carbonyl (C=O) groups excluding carboxylic acids is 2. The molecule has 0 aromatic rings. The van der Waals surface area contributed by atoms with Crippen LogP contribution >= 0.6 is 0 Å². The van der Waals surface area contributed by atoms with Gasteiger partial charge in [0, 0.05) is 12.6 Å². The molecule has 0 aromatic heterocycles. The Morgan fingerprint density at radius 1 is 1.53 bits per heavy atom. The van der Waals surface area contributed by atoms with Gasteiger partial charge >= 0.3 is 12.0 Å². The molecule has 0 radical (unpaired) electrons. The van der Waals surface area contributed by atoms with Gasteiger partial charge in [0.2, 0.25) is 0 Å². The van der Waals surface area contributed by atoms with E-state index in [2.05, 4.69) is 10.1 Å². The summed E-state index contributed by atoms with van der Waals surface area (Å²) in [6, 6.07) is -0.603. The van der Waals surface area contributed by atoms with E-state index < -0.39 is 12.0 Å². The van der Waals surface area contributed by atoms with Crippen molar-refractivity contribution in [2.24, 2.45) is 11.7 Å². The zero-order chi connectivity index (χ0) is 11.8. The standard InChI is InChI=1S/C10H18N2O3/c1-4-7(2)8(5-9(13)15-3)6-12-10(11)14/h5,7H,4,6H2,1-3H3,(H3,11,12,14). The van der Waals surface area contributed by atoms with E-state index in [-0.39, 0.29) is 12.5 Å². The SMILES string of the molecule is CCC(C)C(=CC(=O)OC)CNC(N)=O. The van der Waals surface area contributed by atoms with Gasteiger partial charge in [0.05, 0.1) is 7.11 Å². The van der Waals surface area contributed by atoms with Crippen LogP contribution in [-0.2, 0) is 9.53 Å². The van der Waals surface area contributed by atoms with Crippen LogP contribution in [0.2, 0.25) is 0 Å². The second-order valence-electron chi connectivity index (χ2n) is 3.27. The smallest absolute Gasteiger partial charge is 0.330 e. The van der Waals surface area contributed by atoms with E-state index in [0.717, 1.165) is 12.0 Å². The molecule has 86 valence electrons. The summed E-state index contributed by atoms with van der Waals surface area (Å²) in [5.41, 5.74) is 5.76. The van der Waals surface area contributed by atoms with Crippen LogP contribution in [0.5, 0.6) is 0 Å². The molecule has 0 rings (SSSR count). The summed E-state index contributed by atoms with van der Waals surface area (Å²) in [7, 11) is 1.31. The van der Waals surface area contributed by atoms with Crippen molar-refractivity contribution in [2.75, 3.05) is 13.7 Å². The van der Waals surface area contributed by atoms with Crippen molar-refractivity contribution >= 4 is 12.0 Å². The van der Waals surface area contributed by atoms with Crippen LogP contribution in [0, 0.1) is 5.92 Å². The molecule has 1 unspecified atom stereocenters. The predicted octanol–water partition coefficient (Wildman–Crippen LogP) is 0.800. The van der Waals surface area contributed by atoms with Gasteiger partial charge in [0.25, 0.3) is 0 Å². The first kappa shape index (κ1) is 13.5. The van der Waals surface area contributed by atoms with Gasteiger partial charge in [-0.25, -0.2) is 9.59 Å². The van der Waals surface area contributed by atoms with Crippen molar-refractivity contribution in [2.45, 2.75) is 20.3 Å². The van der Waals surface area contributed by atoms with Gasteiger partial charge in [-0.3, -0.25) is 0 Å².